The van der Waals surface area contributed by atoms with Crippen molar-refractivity contribution < 1.29 is 9.53 Å². The standard InChI is InChI=1S/C15H16N2O2/c1-11-8-9-16-17(11)10-15(12(2)14(18)19-15)13-6-4-3-5-7-13/h3-9,12H,10H2,1-2H3/t12-,15+/m1/s1. The zero-order valence-electron chi connectivity index (χ0n) is 11.0. The van der Waals surface area contributed by atoms with Gasteiger partial charge in [-0.05, 0) is 25.5 Å². The third-order valence-electron chi connectivity index (χ3n) is 3.91. The first-order valence-corrected chi connectivity index (χ1v) is 6.40. The lowest BCUT2D eigenvalue weighted by atomic mass is 9.77. The largest absolute Gasteiger partial charge is 0.451 e. The van der Waals surface area contributed by atoms with E-state index in [-0.39, 0.29) is 11.9 Å². The van der Waals surface area contributed by atoms with Crippen LogP contribution in [-0.2, 0) is 21.7 Å². The Balaban J connectivity index is 2.00. The molecule has 4 nitrogen and oxygen atoms in total. The van der Waals surface area contributed by atoms with E-state index < -0.39 is 5.60 Å². The molecule has 0 amide bonds. The first kappa shape index (κ1) is 12.0. The summed E-state index contributed by atoms with van der Waals surface area (Å²) in [6.07, 6.45) is 1.76. The minimum absolute atomic E-state index is 0.145. The molecule has 98 valence electrons. The van der Waals surface area contributed by atoms with Crippen molar-refractivity contribution >= 4 is 5.97 Å². The number of aryl methyl sites for hydroxylation is 1. The van der Waals surface area contributed by atoms with Gasteiger partial charge in [-0.25, -0.2) is 0 Å². The monoisotopic (exact) mass is 256 g/mol. The van der Waals surface area contributed by atoms with Crippen LogP contribution in [0.2, 0.25) is 0 Å². The van der Waals surface area contributed by atoms with Crippen LogP contribution in [0.15, 0.2) is 42.6 Å². The number of nitrogens with zero attached hydrogens (tertiary/aromatic N) is 2. The van der Waals surface area contributed by atoms with Crippen molar-refractivity contribution in [2.75, 3.05) is 0 Å². The molecule has 19 heavy (non-hydrogen) atoms. The van der Waals surface area contributed by atoms with E-state index in [1.54, 1.807) is 6.20 Å². The summed E-state index contributed by atoms with van der Waals surface area (Å²) >= 11 is 0. The molecule has 1 fully saturated rings. The number of carbonyl (C=O) groups is 1. The molecule has 0 N–H and O–H groups in total. The van der Waals surface area contributed by atoms with E-state index >= 15 is 0 Å². The first-order valence-electron chi connectivity index (χ1n) is 6.40. The number of ether oxygens (including phenoxy) is 1. The molecular weight excluding hydrogens is 240 g/mol. The Morgan fingerprint density at radius 3 is 2.58 bits per heavy atom. The zero-order valence-corrected chi connectivity index (χ0v) is 11.0. The molecule has 1 aromatic carbocycles. The number of cyclic esters (lactones) is 1. The predicted molar refractivity (Wildman–Crippen MR) is 70.3 cm³/mol. The quantitative estimate of drug-likeness (QED) is 0.791. The van der Waals surface area contributed by atoms with Crippen molar-refractivity contribution in [3.63, 3.8) is 0 Å². The van der Waals surface area contributed by atoms with Gasteiger partial charge in [-0.3, -0.25) is 9.48 Å². The number of benzene rings is 1. The maximum absolute atomic E-state index is 11.6. The SMILES string of the molecule is Cc1ccnn1C[C@]1(c2ccccc2)OC(=O)[C@H]1C. The third-order valence-corrected chi connectivity index (χ3v) is 3.91. The smallest absolute Gasteiger partial charge is 0.314 e. The van der Waals surface area contributed by atoms with Crippen molar-refractivity contribution in [2.24, 2.45) is 5.92 Å². The number of esters is 1. The van der Waals surface area contributed by atoms with Gasteiger partial charge in [0.2, 0.25) is 0 Å². The minimum Gasteiger partial charge on any atom is -0.451 e. The summed E-state index contributed by atoms with van der Waals surface area (Å²) in [5.41, 5.74) is 1.50. The molecule has 1 saturated heterocycles. The highest BCUT2D eigenvalue weighted by atomic mass is 16.6. The van der Waals surface area contributed by atoms with Crippen LogP contribution in [0.4, 0.5) is 0 Å². The normalized spacial score (nSPS) is 25.8. The lowest BCUT2D eigenvalue weighted by Crippen LogP contribution is -2.56. The Morgan fingerprint density at radius 2 is 2.05 bits per heavy atom. The van der Waals surface area contributed by atoms with Crippen molar-refractivity contribution in [3.8, 4) is 0 Å². The van der Waals surface area contributed by atoms with Gasteiger partial charge in [0.15, 0.2) is 5.60 Å². The summed E-state index contributed by atoms with van der Waals surface area (Å²) in [5.74, 6) is -0.299. The van der Waals surface area contributed by atoms with E-state index in [2.05, 4.69) is 5.10 Å². The molecule has 2 heterocycles. The number of rotatable bonds is 3. The third kappa shape index (κ3) is 1.75. The number of hydrogen-bond acceptors (Lipinski definition) is 3. The van der Waals surface area contributed by atoms with Gasteiger partial charge in [0.1, 0.15) is 5.92 Å². The second-order valence-electron chi connectivity index (χ2n) is 5.03. The van der Waals surface area contributed by atoms with Gasteiger partial charge in [-0.1, -0.05) is 30.3 Å². The molecule has 1 aromatic heterocycles. The van der Waals surface area contributed by atoms with E-state index in [0.29, 0.717) is 6.54 Å². The Kier molecular flexibility index (Phi) is 2.66. The topological polar surface area (TPSA) is 44.1 Å². The first-order chi connectivity index (χ1) is 9.13. The van der Waals surface area contributed by atoms with Crippen molar-refractivity contribution in [3.05, 3.63) is 53.9 Å². The minimum atomic E-state index is -0.588. The molecule has 2 aromatic rings. The van der Waals surface area contributed by atoms with E-state index in [0.717, 1.165) is 11.3 Å². The molecule has 1 aliphatic heterocycles. The van der Waals surface area contributed by atoms with Gasteiger partial charge in [-0.15, -0.1) is 0 Å². The van der Waals surface area contributed by atoms with Crippen LogP contribution in [0.3, 0.4) is 0 Å². The molecule has 1 aliphatic rings. The molecule has 0 saturated carbocycles. The van der Waals surface area contributed by atoms with Crippen LogP contribution >= 0.6 is 0 Å². The van der Waals surface area contributed by atoms with E-state index in [1.807, 2.05) is 54.9 Å². The molecule has 0 unspecified atom stereocenters. The molecule has 0 bridgehead atoms. The predicted octanol–water partition coefficient (Wildman–Crippen LogP) is 2.28. The van der Waals surface area contributed by atoms with Crippen LogP contribution in [-0.4, -0.2) is 15.7 Å². The summed E-state index contributed by atoms with van der Waals surface area (Å²) in [5, 5.41) is 4.29. The summed E-state index contributed by atoms with van der Waals surface area (Å²) in [6, 6.07) is 11.8. The molecule has 3 rings (SSSR count). The number of carbonyl (C=O) groups excluding carboxylic acids is 1. The Hall–Kier alpha value is -2.10. The Morgan fingerprint density at radius 1 is 1.32 bits per heavy atom. The van der Waals surface area contributed by atoms with Crippen molar-refractivity contribution in [1.29, 1.82) is 0 Å². The fraction of sp³-hybridized carbons (Fsp3) is 0.333. The number of hydrogen-bond donors (Lipinski definition) is 0. The van der Waals surface area contributed by atoms with Gasteiger partial charge in [-0.2, -0.15) is 5.10 Å². The van der Waals surface area contributed by atoms with Crippen LogP contribution in [0.5, 0.6) is 0 Å². The van der Waals surface area contributed by atoms with Gasteiger partial charge in [0.05, 0.1) is 6.54 Å². The summed E-state index contributed by atoms with van der Waals surface area (Å²) in [4.78, 5) is 11.6. The molecular formula is C15H16N2O2. The molecule has 2 atom stereocenters. The fourth-order valence-electron chi connectivity index (χ4n) is 2.57. The van der Waals surface area contributed by atoms with Crippen LogP contribution in [0, 0.1) is 12.8 Å². The maximum atomic E-state index is 11.6. The lowest BCUT2D eigenvalue weighted by molar-refractivity contribution is -0.218. The van der Waals surface area contributed by atoms with Crippen molar-refractivity contribution in [2.45, 2.75) is 26.0 Å². The summed E-state index contributed by atoms with van der Waals surface area (Å²) in [7, 11) is 0. The van der Waals surface area contributed by atoms with E-state index in [1.165, 1.54) is 0 Å². The van der Waals surface area contributed by atoms with E-state index in [4.69, 9.17) is 4.74 Å². The van der Waals surface area contributed by atoms with Crippen LogP contribution in [0.1, 0.15) is 18.2 Å². The van der Waals surface area contributed by atoms with Gasteiger partial charge in [0.25, 0.3) is 0 Å². The highest BCUT2D eigenvalue weighted by Gasteiger charge is 2.55. The second-order valence-corrected chi connectivity index (χ2v) is 5.03. The molecule has 0 spiro atoms. The molecule has 4 heteroatoms. The van der Waals surface area contributed by atoms with Gasteiger partial charge >= 0.3 is 5.97 Å². The second kappa shape index (κ2) is 4.23. The van der Waals surface area contributed by atoms with Crippen molar-refractivity contribution in [1.82, 2.24) is 9.78 Å². The van der Waals surface area contributed by atoms with Gasteiger partial charge < -0.3 is 4.74 Å². The van der Waals surface area contributed by atoms with Crippen LogP contribution < -0.4 is 0 Å². The molecule has 0 radical (unpaired) electrons. The summed E-state index contributed by atoms with van der Waals surface area (Å²) < 4.78 is 7.44. The van der Waals surface area contributed by atoms with Gasteiger partial charge in [0, 0.05) is 11.9 Å². The summed E-state index contributed by atoms with van der Waals surface area (Å²) in [6.45, 7) is 4.47. The Labute approximate surface area is 112 Å². The maximum Gasteiger partial charge on any atom is 0.314 e. The van der Waals surface area contributed by atoms with E-state index in [9.17, 15) is 4.79 Å². The Bertz CT molecular complexity index is 606. The zero-order chi connectivity index (χ0) is 13.5. The average molecular weight is 256 g/mol. The lowest BCUT2D eigenvalue weighted by Gasteiger charge is -2.46. The number of aromatic nitrogens is 2. The fourth-order valence-corrected chi connectivity index (χ4v) is 2.57. The average Bonchev–Trinajstić information content (AvgIpc) is 2.84. The molecule has 0 aliphatic carbocycles. The highest BCUT2D eigenvalue weighted by molar-refractivity contribution is 5.80. The van der Waals surface area contributed by atoms with Crippen LogP contribution in [0.25, 0.3) is 0 Å². The highest BCUT2D eigenvalue weighted by Crippen LogP contribution is 2.44.